The lowest BCUT2D eigenvalue weighted by molar-refractivity contribution is 0.227. The molecule has 0 N–H and O–H groups in total. The molecule has 0 saturated carbocycles. The SMILES string of the molecule is Cc1onc(-c2ccccc2)c1-c1nnc(CN2CCN(c3ccc(F)cc3)CC2)o1. The Labute approximate surface area is 179 Å². The second-order valence-corrected chi connectivity index (χ2v) is 7.57. The van der Waals surface area contributed by atoms with Crippen LogP contribution in [-0.4, -0.2) is 46.4 Å². The molecule has 0 bridgehead atoms. The largest absolute Gasteiger partial charge is 0.419 e. The highest BCUT2D eigenvalue weighted by Gasteiger charge is 2.24. The Morgan fingerprint density at radius 2 is 1.68 bits per heavy atom. The fourth-order valence-corrected chi connectivity index (χ4v) is 3.84. The van der Waals surface area contributed by atoms with Gasteiger partial charge in [0.25, 0.3) is 5.89 Å². The van der Waals surface area contributed by atoms with E-state index in [0.29, 0.717) is 29.8 Å². The van der Waals surface area contributed by atoms with E-state index in [1.165, 1.54) is 12.1 Å². The van der Waals surface area contributed by atoms with Gasteiger partial charge in [0.2, 0.25) is 5.89 Å². The Morgan fingerprint density at radius 1 is 0.935 bits per heavy atom. The van der Waals surface area contributed by atoms with Crippen LogP contribution in [-0.2, 0) is 6.54 Å². The summed E-state index contributed by atoms with van der Waals surface area (Å²) in [5.41, 5.74) is 3.40. The first kappa shape index (κ1) is 19.4. The molecule has 5 rings (SSSR count). The van der Waals surface area contributed by atoms with Crippen molar-refractivity contribution >= 4 is 5.69 Å². The topological polar surface area (TPSA) is 71.4 Å². The molecule has 3 heterocycles. The first-order valence-corrected chi connectivity index (χ1v) is 10.2. The number of benzene rings is 2. The zero-order valence-corrected chi connectivity index (χ0v) is 17.2. The van der Waals surface area contributed by atoms with E-state index in [4.69, 9.17) is 8.94 Å². The summed E-state index contributed by atoms with van der Waals surface area (Å²) in [4.78, 5) is 4.53. The van der Waals surface area contributed by atoms with Crippen molar-refractivity contribution in [2.75, 3.05) is 31.1 Å². The zero-order chi connectivity index (χ0) is 21.2. The average molecular weight is 419 g/mol. The molecule has 2 aromatic carbocycles. The van der Waals surface area contributed by atoms with E-state index >= 15 is 0 Å². The number of aromatic nitrogens is 3. The van der Waals surface area contributed by atoms with Crippen LogP contribution in [0.25, 0.3) is 22.7 Å². The number of anilines is 1. The van der Waals surface area contributed by atoms with Crippen LogP contribution in [0.5, 0.6) is 0 Å². The highest BCUT2D eigenvalue weighted by molar-refractivity contribution is 5.77. The highest BCUT2D eigenvalue weighted by atomic mass is 19.1. The third kappa shape index (κ3) is 4.06. The molecule has 2 aromatic heterocycles. The Kier molecular flexibility index (Phi) is 5.21. The highest BCUT2D eigenvalue weighted by Crippen LogP contribution is 2.33. The lowest BCUT2D eigenvalue weighted by Crippen LogP contribution is -2.46. The molecular weight excluding hydrogens is 397 g/mol. The van der Waals surface area contributed by atoms with Crippen molar-refractivity contribution < 1.29 is 13.3 Å². The van der Waals surface area contributed by atoms with Crippen LogP contribution in [0.3, 0.4) is 0 Å². The Hall–Kier alpha value is -3.52. The van der Waals surface area contributed by atoms with Gasteiger partial charge in [0.1, 0.15) is 22.8 Å². The minimum absolute atomic E-state index is 0.215. The molecule has 1 saturated heterocycles. The number of hydrogen-bond acceptors (Lipinski definition) is 7. The third-order valence-electron chi connectivity index (χ3n) is 5.51. The maximum Gasteiger partial charge on any atom is 0.253 e. The van der Waals surface area contributed by atoms with Crippen molar-refractivity contribution in [3.63, 3.8) is 0 Å². The average Bonchev–Trinajstić information content (AvgIpc) is 3.41. The van der Waals surface area contributed by atoms with Crippen LogP contribution in [0.4, 0.5) is 10.1 Å². The minimum atomic E-state index is -0.215. The maximum atomic E-state index is 13.1. The Balaban J connectivity index is 1.26. The molecule has 31 heavy (non-hydrogen) atoms. The fourth-order valence-electron chi connectivity index (χ4n) is 3.84. The summed E-state index contributed by atoms with van der Waals surface area (Å²) in [6, 6.07) is 16.4. The number of hydrogen-bond donors (Lipinski definition) is 0. The molecule has 1 aliphatic heterocycles. The van der Waals surface area contributed by atoms with E-state index in [2.05, 4.69) is 25.2 Å². The Morgan fingerprint density at radius 3 is 2.42 bits per heavy atom. The molecule has 0 amide bonds. The second kappa shape index (κ2) is 8.31. The van der Waals surface area contributed by atoms with Gasteiger partial charge in [-0.3, -0.25) is 4.90 Å². The number of rotatable bonds is 5. The first-order chi connectivity index (χ1) is 15.2. The Bertz CT molecular complexity index is 1150. The minimum Gasteiger partial charge on any atom is -0.419 e. The van der Waals surface area contributed by atoms with Gasteiger partial charge in [-0.15, -0.1) is 10.2 Å². The van der Waals surface area contributed by atoms with Crippen molar-refractivity contribution in [3.8, 4) is 22.7 Å². The molecular formula is C23H22FN5O2. The number of nitrogens with zero attached hydrogens (tertiary/aromatic N) is 5. The molecule has 158 valence electrons. The molecule has 1 fully saturated rings. The van der Waals surface area contributed by atoms with Gasteiger partial charge in [0.05, 0.1) is 6.54 Å². The standard InChI is InChI=1S/C23H22FN5O2/c1-16-21(22(27-31-16)17-5-3-2-4-6-17)23-26-25-20(30-23)15-28-11-13-29(14-12-28)19-9-7-18(24)8-10-19/h2-10H,11-15H2,1H3. The normalized spacial score (nSPS) is 14.8. The van der Waals surface area contributed by atoms with E-state index in [1.807, 2.05) is 49.4 Å². The molecule has 0 unspecified atom stereocenters. The van der Waals surface area contributed by atoms with Crippen LogP contribution in [0.15, 0.2) is 63.5 Å². The predicted octanol–water partition coefficient (Wildman–Crippen LogP) is 4.16. The maximum absolute atomic E-state index is 13.1. The number of aryl methyl sites for hydroxylation is 1. The molecule has 0 aliphatic carbocycles. The van der Waals surface area contributed by atoms with E-state index in [-0.39, 0.29) is 5.82 Å². The van der Waals surface area contributed by atoms with E-state index in [1.54, 1.807) is 0 Å². The summed E-state index contributed by atoms with van der Waals surface area (Å²) in [7, 11) is 0. The second-order valence-electron chi connectivity index (χ2n) is 7.57. The lowest BCUT2D eigenvalue weighted by Gasteiger charge is -2.35. The summed E-state index contributed by atoms with van der Waals surface area (Å²) in [5, 5.41) is 12.7. The fraction of sp³-hybridized carbons (Fsp3) is 0.261. The van der Waals surface area contributed by atoms with Crippen molar-refractivity contribution in [2.45, 2.75) is 13.5 Å². The summed E-state index contributed by atoms with van der Waals surface area (Å²) >= 11 is 0. The van der Waals surface area contributed by atoms with Crippen molar-refractivity contribution in [3.05, 3.63) is 72.1 Å². The van der Waals surface area contributed by atoms with Gasteiger partial charge in [-0.25, -0.2) is 4.39 Å². The van der Waals surface area contributed by atoms with Crippen LogP contribution in [0, 0.1) is 12.7 Å². The quantitative estimate of drug-likeness (QED) is 0.481. The van der Waals surface area contributed by atoms with Crippen molar-refractivity contribution in [2.24, 2.45) is 0 Å². The predicted molar refractivity (Wildman–Crippen MR) is 114 cm³/mol. The van der Waals surface area contributed by atoms with Gasteiger partial charge in [-0.1, -0.05) is 35.5 Å². The zero-order valence-electron chi connectivity index (χ0n) is 17.2. The molecule has 0 radical (unpaired) electrons. The van der Waals surface area contributed by atoms with Gasteiger partial charge in [0, 0.05) is 37.4 Å². The molecule has 4 aromatic rings. The monoisotopic (exact) mass is 419 g/mol. The van der Waals surface area contributed by atoms with E-state index in [9.17, 15) is 4.39 Å². The number of halogens is 1. The van der Waals surface area contributed by atoms with Gasteiger partial charge in [-0.2, -0.15) is 0 Å². The molecule has 8 heteroatoms. The molecule has 7 nitrogen and oxygen atoms in total. The smallest absolute Gasteiger partial charge is 0.253 e. The van der Waals surface area contributed by atoms with Gasteiger partial charge < -0.3 is 13.8 Å². The molecule has 0 atom stereocenters. The summed E-state index contributed by atoms with van der Waals surface area (Å²) in [6.07, 6.45) is 0. The van der Waals surface area contributed by atoms with E-state index < -0.39 is 0 Å². The van der Waals surface area contributed by atoms with Crippen LogP contribution in [0.1, 0.15) is 11.7 Å². The summed E-state index contributed by atoms with van der Waals surface area (Å²) < 4.78 is 24.5. The lowest BCUT2D eigenvalue weighted by atomic mass is 10.1. The third-order valence-corrected chi connectivity index (χ3v) is 5.51. The summed E-state index contributed by atoms with van der Waals surface area (Å²) in [6.45, 7) is 5.85. The van der Waals surface area contributed by atoms with Crippen molar-refractivity contribution in [1.29, 1.82) is 0 Å². The molecule has 0 spiro atoms. The van der Waals surface area contributed by atoms with Gasteiger partial charge >= 0.3 is 0 Å². The van der Waals surface area contributed by atoms with Crippen molar-refractivity contribution in [1.82, 2.24) is 20.3 Å². The number of piperazine rings is 1. The summed E-state index contributed by atoms with van der Waals surface area (Å²) in [5.74, 6) is 1.40. The van der Waals surface area contributed by atoms with Crippen LogP contribution >= 0.6 is 0 Å². The van der Waals surface area contributed by atoms with Gasteiger partial charge in [-0.05, 0) is 31.2 Å². The van der Waals surface area contributed by atoms with Crippen LogP contribution < -0.4 is 4.90 Å². The van der Waals surface area contributed by atoms with E-state index in [0.717, 1.165) is 43.0 Å². The first-order valence-electron chi connectivity index (χ1n) is 10.2. The van der Waals surface area contributed by atoms with Crippen LogP contribution in [0.2, 0.25) is 0 Å². The molecule has 1 aliphatic rings. The van der Waals surface area contributed by atoms with Gasteiger partial charge in [0.15, 0.2) is 0 Å².